The molecule has 0 aromatic heterocycles. The van der Waals surface area contributed by atoms with E-state index in [2.05, 4.69) is 21.2 Å². The van der Waals surface area contributed by atoms with E-state index in [4.69, 9.17) is 11.6 Å². The van der Waals surface area contributed by atoms with Crippen LogP contribution in [-0.2, 0) is 5.88 Å². The van der Waals surface area contributed by atoms with Crippen molar-refractivity contribution < 1.29 is 13.6 Å². The molecule has 0 aliphatic heterocycles. The smallest absolute Gasteiger partial charge is 0.255 e. The predicted molar refractivity (Wildman–Crippen MR) is 78.0 cm³/mol. The van der Waals surface area contributed by atoms with Gasteiger partial charge < -0.3 is 5.32 Å². The van der Waals surface area contributed by atoms with Gasteiger partial charge in [-0.25, -0.2) is 8.78 Å². The van der Waals surface area contributed by atoms with Crippen molar-refractivity contribution in [1.29, 1.82) is 0 Å². The van der Waals surface area contributed by atoms with Crippen LogP contribution in [-0.4, -0.2) is 5.91 Å². The molecule has 104 valence electrons. The van der Waals surface area contributed by atoms with Crippen LogP contribution in [0.25, 0.3) is 0 Å². The summed E-state index contributed by atoms with van der Waals surface area (Å²) in [6.07, 6.45) is 0. The summed E-state index contributed by atoms with van der Waals surface area (Å²) in [6.45, 7) is 0. The number of amides is 1. The van der Waals surface area contributed by atoms with Crippen LogP contribution in [0.3, 0.4) is 0 Å². The van der Waals surface area contributed by atoms with Gasteiger partial charge in [0.1, 0.15) is 5.69 Å². The minimum atomic E-state index is -0.845. The SMILES string of the molecule is O=C(Nc1c(F)cc(Br)cc1F)c1ccc(CCl)cc1. The molecule has 2 nitrogen and oxygen atoms in total. The fraction of sp³-hybridized carbons (Fsp3) is 0.0714. The molecule has 0 heterocycles. The highest BCUT2D eigenvalue weighted by Gasteiger charge is 2.14. The molecule has 0 fully saturated rings. The highest BCUT2D eigenvalue weighted by Crippen LogP contribution is 2.24. The molecule has 1 N–H and O–H groups in total. The maximum Gasteiger partial charge on any atom is 0.255 e. The number of halogens is 4. The number of rotatable bonds is 3. The summed E-state index contributed by atoms with van der Waals surface area (Å²) in [5.74, 6) is -1.95. The van der Waals surface area contributed by atoms with Crippen molar-refractivity contribution in [1.82, 2.24) is 0 Å². The molecule has 2 aromatic carbocycles. The summed E-state index contributed by atoms with van der Waals surface area (Å²) in [5.41, 5.74) is 0.671. The van der Waals surface area contributed by atoms with E-state index >= 15 is 0 Å². The van der Waals surface area contributed by atoms with E-state index in [1.165, 1.54) is 0 Å². The summed E-state index contributed by atoms with van der Waals surface area (Å²) in [4.78, 5) is 11.9. The molecular formula is C14H9BrClF2NO. The van der Waals surface area contributed by atoms with Crippen molar-refractivity contribution in [3.8, 4) is 0 Å². The van der Waals surface area contributed by atoms with Gasteiger partial charge in [0.2, 0.25) is 0 Å². The number of benzene rings is 2. The first-order valence-corrected chi connectivity index (χ1v) is 6.95. The largest absolute Gasteiger partial charge is 0.317 e. The monoisotopic (exact) mass is 359 g/mol. The molecule has 1 amide bonds. The van der Waals surface area contributed by atoms with Crippen molar-refractivity contribution in [2.75, 3.05) is 5.32 Å². The Bertz CT molecular complexity index is 623. The third kappa shape index (κ3) is 3.35. The molecule has 0 atom stereocenters. The minimum Gasteiger partial charge on any atom is -0.317 e. The van der Waals surface area contributed by atoms with Crippen molar-refractivity contribution in [3.05, 3.63) is 63.6 Å². The maximum absolute atomic E-state index is 13.6. The highest BCUT2D eigenvalue weighted by atomic mass is 79.9. The minimum absolute atomic E-state index is 0.261. The van der Waals surface area contributed by atoms with Crippen molar-refractivity contribution in [2.24, 2.45) is 0 Å². The lowest BCUT2D eigenvalue weighted by Gasteiger charge is -2.08. The van der Waals surface area contributed by atoms with E-state index in [0.29, 0.717) is 11.4 Å². The fourth-order valence-electron chi connectivity index (χ4n) is 1.59. The molecule has 2 aromatic rings. The molecule has 0 bridgehead atoms. The predicted octanol–water partition coefficient (Wildman–Crippen LogP) is 4.72. The van der Waals surface area contributed by atoms with E-state index in [9.17, 15) is 13.6 Å². The number of anilines is 1. The summed E-state index contributed by atoms with van der Waals surface area (Å²) in [5, 5.41) is 2.22. The van der Waals surface area contributed by atoms with Crippen LogP contribution in [0.5, 0.6) is 0 Å². The van der Waals surface area contributed by atoms with Crippen LogP contribution >= 0.6 is 27.5 Å². The van der Waals surface area contributed by atoms with Crippen LogP contribution in [0.1, 0.15) is 15.9 Å². The summed E-state index contributed by atoms with van der Waals surface area (Å²) in [6, 6.07) is 8.60. The van der Waals surface area contributed by atoms with Gasteiger partial charge in [0, 0.05) is 15.9 Å². The number of carbonyl (C=O) groups is 1. The van der Waals surface area contributed by atoms with E-state index in [1.54, 1.807) is 24.3 Å². The maximum atomic E-state index is 13.6. The molecule has 20 heavy (non-hydrogen) atoms. The van der Waals surface area contributed by atoms with Crippen LogP contribution in [0, 0.1) is 11.6 Å². The zero-order valence-electron chi connectivity index (χ0n) is 10.1. The van der Waals surface area contributed by atoms with Gasteiger partial charge in [-0.05, 0) is 29.8 Å². The first kappa shape index (κ1) is 14.9. The van der Waals surface area contributed by atoms with Gasteiger partial charge in [-0.3, -0.25) is 4.79 Å². The van der Waals surface area contributed by atoms with E-state index in [1.807, 2.05) is 0 Å². The average molecular weight is 361 g/mol. The standard InChI is InChI=1S/C14H9BrClF2NO/c15-10-5-11(17)13(12(18)6-10)19-14(20)9-3-1-8(7-16)2-4-9/h1-6H,7H2,(H,19,20). The Morgan fingerprint density at radius 2 is 1.70 bits per heavy atom. The molecule has 0 saturated heterocycles. The van der Waals surface area contributed by atoms with Crippen LogP contribution in [0.2, 0.25) is 0 Å². The Balaban J connectivity index is 2.23. The summed E-state index contributed by atoms with van der Waals surface area (Å²) >= 11 is 8.61. The number of nitrogens with one attached hydrogen (secondary N) is 1. The molecule has 0 unspecified atom stereocenters. The molecular weight excluding hydrogens is 352 g/mol. The molecule has 0 saturated carbocycles. The van der Waals surface area contributed by atoms with Crippen LogP contribution in [0.15, 0.2) is 40.9 Å². The lowest BCUT2D eigenvalue weighted by Crippen LogP contribution is -2.14. The van der Waals surface area contributed by atoms with Crippen molar-refractivity contribution in [2.45, 2.75) is 5.88 Å². The molecule has 0 aliphatic rings. The Hall–Kier alpha value is -1.46. The van der Waals surface area contributed by atoms with E-state index in [0.717, 1.165) is 17.7 Å². The third-order valence-corrected chi connectivity index (χ3v) is 3.38. The van der Waals surface area contributed by atoms with Crippen molar-refractivity contribution in [3.63, 3.8) is 0 Å². The molecule has 0 radical (unpaired) electrons. The van der Waals surface area contributed by atoms with Gasteiger partial charge in [0.25, 0.3) is 5.91 Å². The van der Waals surface area contributed by atoms with E-state index < -0.39 is 23.2 Å². The fourth-order valence-corrected chi connectivity index (χ4v) is 2.17. The Morgan fingerprint density at radius 1 is 1.15 bits per heavy atom. The molecule has 2 rings (SSSR count). The topological polar surface area (TPSA) is 29.1 Å². The second-order valence-corrected chi connectivity index (χ2v) is 5.21. The zero-order chi connectivity index (χ0) is 14.7. The van der Waals surface area contributed by atoms with Crippen LogP contribution < -0.4 is 5.32 Å². The molecule has 6 heteroatoms. The summed E-state index contributed by atoms with van der Waals surface area (Å²) < 4.78 is 27.5. The normalized spacial score (nSPS) is 10.4. The van der Waals surface area contributed by atoms with Crippen molar-refractivity contribution >= 4 is 39.1 Å². The first-order chi connectivity index (χ1) is 9.51. The average Bonchev–Trinajstić information content (AvgIpc) is 2.42. The third-order valence-electron chi connectivity index (χ3n) is 2.62. The molecule has 0 spiro atoms. The first-order valence-electron chi connectivity index (χ1n) is 5.62. The van der Waals surface area contributed by atoms with Gasteiger partial charge in [0.05, 0.1) is 0 Å². The van der Waals surface area contributed by atoms with E-state index in [-0.39, 0.29) is 4.47 Å². The van der Waals surface area contributed by atoms with Gasteiger partial charge in [0.15, 0.2) is 11.6 Å². The lowest BCUT2D eigenvalue weighted by molar-refractivity contribution is 0.102. The Morgan fingerprint density at radius 3 is 2.20 bits per heavy atom. The number of hydrogen-bond acceptors (Lipinski definition) is 1. The van der Waals surface area contributed by atoms with Gasteiger partial charge in [-0.1, -0.05) is 28.1 Å². The quantitative estimate of drug-likeness (QED) is 0.789. The summed E-state index contributed by atoms with van der Waals surface area (Å²) in [7, 11) is 0. The number of hydrogen-bond donors (Lipinski definition) is 1. The number of alkyl halides is 1. The van der Waals surface area contributed by atoms with Gasteiger partial charge in [-0.2, -0.15) is 0 Å². The Labute approximate surface area is 127 Å². The Kier molecular flexibility index (Phi) is 4.73. The zero-order valence-corrected chi connectivity index (χ0v) is 12.4. The number of carbonyl (C=O) groups excluding carboxylic acids is 1. The van der Waals surface area contributed by atoms with Gasteiger partial charge in [-0.15, -0.1) is 11.6 Å². The van der Waals surface area contributed by atoms with Crippen LogP contribution in [0.4, 0.5) is 14.5 Å². The lowest BCUT2D eigenvalue weighted by atomic mass is 10.1. The second kappa shape index (κ2) is 6.33. The molecule has 0 aliphatic carbocycles. The highest BCUT2D eigenvalue weighted by molar-refractivity contribution is 9.10. The second-order valence-electron chi connectivity index (χ2n) is 4.03. The van der Waals surface area contributed by atoms with Gasteiger partial charge >= 0.3 is 0 Å².